The van der Waals surface area contributed by atoms with Crippen molar-refractivity contribution in [2.24, 2.45) is 11.8 Å². The van der Waals surface area contributed by atoms with E-state index in [4.69, 9.17) is 5.84 Å². The molecule has 0 spiro atoms. The number of carbonyl (C=O) groups is 1. The zero-order chi connectivity index (χ0) is 7.56. The first-order chi connectivity index (χ1) is 4.70. The second kappa shape index (κ2) is 3.01. The van der Waals surface area contributed by atoms with Gasteiger partial charge in [0.25, 0.3) is 0 Å². The molecular formula is C7H14N2O. The van der Waals surface area contributed by atoms with Crippen molar-refractivity contribution in [2.75, 3.05) is 6.54 Å². The SMILES string of the molecule is CC(=O)N(N)CC1CCC1. The number of rotatable bonds is 2. The molecule has 3 heteroatoms. The van der Waals surface area contributed by atoms with Gasteiger partial charge in [-0.3, -0.25) is 9.80 Å². The Labute approximate surface area is 61.2 Å². The molecule has 1 fully saturated rings. The number of hydrogen-bond donors (Lipinski definition) is 1. The molecule has 2 N–H and O–H groups in total. The summed E-state index contributed by atoms with van der Waals surface area (Å²) in [7, 11) is 0. The van der Waals surface area contributed by atoms with Gasteiger partial charge < -0.3 is 0 Å². The van der Waals surface area contributed by atoms with Crippen LogP contribution < -0.4 is 5.84 Å². The van der Waals surface area contributed by atoms with Crippen molar-refractivity contribution < 1.29 is 4.79 Å². The normalized spacial score (nSPS) is 18.2. The molecule has 10 heavy (non-hydrogen) atoms. The quantitative estimate of drug-likeness (QED) is 0.347. The van der Waals surface area contributed by atoms with E-state index in [2.05, 4.69) is 0 Å². The van der Waals surface area contributed by atoms with Gasteiger partial charge in [0.1, 0.15) is 0 Å². The maximum Gasteiger partial charge on any atom is 0.233 e. The van der Waals surface area contributed by atoms with E-state index in [0.29, 0.717) is 5.92 Å². The van der Waals surface area contributed by atoms with Crippen LogP contribution in [0.3, 0.4) is 0 Å². The van der Waals surface area contributed by atoms with Gasteiger partial charge in [0.05, 0.1) is 0 Å². The molecule has 0 aliphatic heterocycles. The van der Waals surface area contributed by atoms with E-state index in [1.54, 1.807) is 0 Å². The Morgan fingerprint density at radius 2 is 2.30 bits per heavy atom. The summed E-state index contributed by atoms with van der Waals surface area (Å²) in [5.41, 5.74) is 0. The number of amides is 1. The van der Waals surface area contributed by atoms with Gasteiger partial charge in [0.15, 0.2) is 0 Å². The average molecular weight is 142 g/mol. The number of nitrogens with zero attached hydrogens (tertiary/aromatic N) is 1. The molecule has 3 nitrogen and oxygen atoms in total. The monoisotopic (exact) mass is 142 g/mol. The molecule has 1 aliphatic rings. The van der Waals surface area contributed by atoms with E-state index >= 15 is 0 Å². The van der Waals surface area contributed by atoms with Crippen molar-refractivity contribution in [1.82, 2.24) is 5.01 Å². The zero-order valence-corrected chi connectivity index (χ0v) is 6.34. The molecule has 1 saturated carbocycles. The lowest BCUT2D eigenvalue weighted by molar-refractivity contribution is -0.130. The van der Waals surface area contributed by atoms with Crippen molar-refractivity contribution in [3.63, 3.8) is 0 Å². The molecule has 0 unspecified atom stereocenters. The molecule has 0 heterocycles. The van der Waals surface area contributed by atoms with Crippen molar-refractivity contribution in [1.29, 1.82) is 0 Å². The first-order valence-electron chi connectivity index (χ1n) is 3.73. The standard InChI is InChI=1S/C7H14N2O/c1-6(10)9(8)5-7-3-2-4-7/h7H,2-5,8H2,1H3. The third-order valence-corrected chi connectivity index (χ3v) is 2.08. The van der Waals surface area contributed by atoms with Crippen molar-refractivity contribution >= 4 is 5.91 Å². The minimum Gasteiger partial charge on any atom is -0.281 e. The second-order valence-corrected chi connectivity index (χ2v) is 2.97. The minimum atomic E-state index is -0.0353. The number of nitrogens with two attached hydrogens (primary N) is 1. The van der Waals surface area contributed by atoms with Crippen LogP contribution in [0.1, 0.15) is 26.2 Å². The molecule has 0 aromatic rings. The van der Waals surface area contributed by atoms with Gasteiger partial charge in [-0.2, -0.15) is 0 Å². The van der Waals surface area contributed by atoms with E-state index in [-0.39, 0.29) is 5.91 Å². The lowest BCUT2D eigenvalue weighted by Crippen LogP contribution is -2.40. The predicted molar refractivity (Wildman–Crippen MR) is 38.9 cm³/mol. The summed E-state index contributed by atoms with van der Waals surface area (Å²) >= 11 is 0. The molecule has 0 radical (unpaired) electrons. The largest absolute Gasteiger partial charge is 0.281 e. The van der Waals surface area contributed by atoms with Crippen LogP contribution in [-0.2, 0) is 4.79 Å². The van der Waals surface area contributed by atoms with E-state index in [0.717, 1.165) is 6.54 Å². The molecule has 0 aromatic carbocycles. The predicted octanol–water partition coefficient (Wildman–Crippen LogP) is 0.509. The fourth-order valence-electron chi connectivity index (χ4n) is 1.08. The highest BCUT2D eigenvalue weighted by atomic mass is 16.2. The molecule has 0 bridgehead atoms. The van der Waals surface area contributed by atoms with Gasteiger partial charge in [0.2, 0.25) is 5.91 Å². The topological polar surface area (TPSA) is 46.3 Å². The van der Waals surface area contributed by atoms with Crippen LogP contribution >= 0.6 is 0 Å². The summed E-state index contributed by atoms with van der Waals surface area (Å²) in [6.07, 6.45) is 3.78. The summed E-state index contributed by atoms with van der Waals surface area (Å²) in [5, 5.41) is 1.31. The summed E-state index contributed by atoms with van der Waals surface area (Å²) in [6.45, 7) is 2.24. The minimum absolute atomic E-state index is 0.0353. The van der Waals surface area contributed by atoms with Crippen molar-refractivity contribution in [2.45, 2.75) is 26.2 Å². The van der Waals surface area contributed by atoms with Gasteiger partial charge in [0, 0.05) is 13.5 Å². The molecule has 0 atom stereocenters. The maximum absolute atomic E-state index is 10.6. The third-order valence-electron chi connectivity index (χ3n) is 2.08. The number of hydrazine groups is 1. The Hall–Kier alpha value is -0.570. The van der Waals surface area contributed by atoms with Crippen molar-refractivity contribution in [3.05, 3.63) is 0 Å². The number of carbonyl (C=O) groups excluding carboxylic acids is 1. The fourth-order valence-corrected chi connectivity index (χ4v) is 1.08. The van der Waals surface area contributed by atoms with Crippen LogP contribution in [0.15, 0.2) is 0 Å². The maximum atomic E-state index is 10.6. The Morgan fingerprint density at radius 1 is 1.70 bits per heavy atom. The molecular weight excluding hydrogens is 128 g/mol. The second-order valence-electron chi connectivity index (χ2n) is 2.97. The molecule has 0 aromatic heterocycles. The van der Waals surface area contributed by atoms with E-state index in [9.17, 15) is 4.79 Å². The van der Waals surface area contributed by atoms with Gasteiger partial charge in [-0.1, -0.05) is 6.42 Å². The summed E-state index contributed by atoms with van der Waals surface area (Å²) in [6, 6.07) is 0. The molecule has 1 rings (SSSR count). The molecule has 1 amide bonds. The Kier molecular flexibility index (Phi) is 2.27. The fraction of sp³-hybridized carbons (Fsp3) is 0.857. The van der Waals surface area contributed by atoms with E-state index in [1.807, 2.05) is 0 Å². The summed E-state index contributed by atoms with van der Waals surface area (Å²) in [4.78, 5) is 10.6. The number of hydrogen-bond acceptors (Lipinski definition) is 2. The average Bonchev–Trinajstić information content (AvgIpc) is 1.77. The van der Waals surface area contributed by atoms with Crippen LogP contribution in [0, 0.1) is 5.92 Å². The van der Waals surface area contributed by atoms with Crippen molar-refractivity contribution in [3.8, 4) is 0 Å². The van der Waals surface area contributed by atoms with E-state index in [1.165, 1.54) is 31.2 Å². The Morgan fingerprint density at radius 3 is 2.60 bits per heavy atom. The first-order valence-corrected chi connectivity index (χ1v) is 3.73. The molecule has 1 aliphatic carbocycles. The van der Waals surface area contributed by atoms with Crippen LogP contribution in [-0.4, -0.2) is 17.5 Å². The Bertz CT molecular complexity index is 132. The van der Waals surface area contributed by atoms with Gasteiger partial charge >= 0.3 is 0 Å². The molecule has 58 valence electrons. The highest BCUT2D eigenvalue weighted by Gasteiger charge is 2.20. The highest BCUT2D eigenvalue weighted by Crippen LogP contribution is 2.26. The molecule has 0 saturated heterocycles. The first kappa shape index (κ1) is 7.54. The van der Waals surface area contributed by atoms with E-state index < -0.39 is 0 Å². The van der Waals surface area contributed by atoms with Crippen LogP contribution in [0.4, 0.5) is 0 Å². The zero-order valence-electron chi connectivity index (χ0n) is 6.34. The third kappa shape index (κ3) is 1.70. The van der Waals surface area contributed by atoms with Gasteiger partial charge in [-0.05, 0) is 18.8 Å². The lowest BCUT2D eigenvalue weighted by Gasteiger charge is -2.28. The lowest BCUT2D eigenvalue weighted by atomic mass is 9.85. The van der Waals surface area contributed by atoms with Crippen LogP contribution in [0.2, 0.25) is 0 Å². The highest BCUT2D eigenvalue weighted by molar-refractivity contribution is 5.72. The summed E-state index contributed by atoms with van der Waals surface area (Å²) in [5.74, 6) is 6.05. The van der Waals surface area contributed by atoms with Crippen LogP contribution in [0.25, 0.3) is 0 Å². The Balaban J connectivity index is 2.16. The smallest absolute Gasteiger partial charge is 0.233 e. The van der Waals surface area contributed by atoms with Crippen LogP contribution in [0.5, 0.6) is 0 Å². The van der Waals surface area contributed by atoms with Gasteiger partial charge in [-0.15, -0.1) is 0 Å². The summed E-state index contributed by atoms with van der Waals surface area (Å²) < 4.78 is 0. The van der Waals surface area contributed by atoms with Gasteiger partial charge in [-0.25, -0.2) is 5.84 Å².